The highest BCUT2D eigenvalue weighted by atomic mass is 35.5. The van der Waals surface area contributed by atoms with E-state index in [2.05, 4.69) is 15.8 Å². The van der Waals surface area contributed by atoms with Gasteiger partial charge in [0, 0.05) is 4.70 Å². The lowest BCUT2D eigenvalue weighted by Gasteiger charge is -2.05. The van der Waals surface area contributed by atoms with E-state index >= 15 is 0 Å². The second-order valence-corrected chi connectivity index (χ2v) is 4.43. The van der Waals surface area contributed by atoms with E-state index in [-0.39, 0.29) is 17.3 Å². The van der Waals surface area contributed by atoms with E-state index in [0.717, 1.165) is 4.70 Å². The summed E-state index contributed by atoms with van der Waals surface area (Å²) < 4.78 is 0.801. The molecule has 0 fully saturated rings. The molecule has 0 spiro atoms. The van der Waals surface area contributed by atoms with Crippen molar-refractivity contribution in [1.29, 1.82) is 0 Å². The van der Waals surface area contributed by atoms with Crippen LogP contribution in [-0.2, 0) is 4.79 Å². The number of alkyl halides is 1. The molecule has 0 aliphatic rings. The number of carbonyl (C=O) groups excluding carboxylic acids is 1. The zero-order chi connectivity index (χ0) is 12.3. The average molecular weight is 270 g/mol. The number of carbonyl (C=O) groups is 1. The first-order valence-electron chi connectivity index (χ1n) is 4.71. The summed E-state index contributed by atoms with van der Waals surface area (Å²) in [5.41, 5.74) is 4.55. The topological polar surface area (TPSA) is 71.1 Å². The molecule has 0 saturated carbocycles. The van der Waals surface area contributed by atoms with Crippen molar-refractivity contribution in [3.63, 3.8) is 0 Å². The second kappa shape index (κ2) is 5.11. The monoisotopic (exact) mass is 269 g/mol. The van der Waals surface area contributed by atoms with Crippen LogP contribution < -0.4 is 16.4 Å². The van der Waals surface area contributed by atoms with Gasteiger partial charge in [-0.15, -0.1) is 11.6 Å². The molecule has 7 heteroatoms. The number of hydrogen-bond acceptors (Lipinski definition) is 5. The molecule has 1 aromatic heterocycles. The van der Waals surface area contributed by atoms with Crippen LogP contribution in [0.5, 0.6) is 0 Å². The predicted molar refractivity (Wildman–Crippen MR) is 68.4 cm³/mol. The van der Waals surface area contributed by atoms with E-state index in [1.165, 1.54) is 11.3 Å². The largest absolute Gasteiger partial charge is 0.281 e. The highest BCUT2D eigenvalue weighted by Gasteiger charge is 2.04. The first-order valence-corrected chi connectivity index (χ1v) is 6.06. The minimum absolute atomic E-state index is 0.157. The van der Waals surface area contributed by atoms with Crippen LogP contribution in [0.2, 0.25) is 0 Å². The normalized spacial score (nSPS) is 10.2. The van der Waals surface area contributed by atoms with Crippen molar-refractivity contribution < 1.29 is 4.79 Å². The van der Waals surface area contributed by atoms with Gasteiger partial charge in [0.2, 0.25) is 5.13 Å². The van der Waals surface area contributed by atoms with Gasteiger partial charge >= 0.3 is 0 Å². The summed E-state index contributed by atoms with van der Waals surface area (Å²) in [5, 5.41) is 0.888. The van der Waals surface area contributed by atoms with E-state index < -0.39 is 0 Å². The molecule has 0 atom stereocenters. The molecule has 17 heavy (non-hydrogen) atoms. The van der Waals surface area contributed by atoms with Crippen molar-refractivity contribution in [3.05, 3.63) is 34.6 Å². The molecular weight excluding hydrogens is 262 g/mol. The Labute approximate surface area is 105 Å². The first-order chi connectivity index (χ1) is 8.20. The molecule has 5 nitrogen and oxygen atoms in total. The van der Waals surface area contributed by atoms with Crippen molar-refractivity contribution >= 4 is 44.1 Å². The van der Waals surface area contributed by atoms with E-state index in [4.69, 9.17) is 11.6 Å². The van der Waals surface area contributed by atoms with Gasteiger partial charge in [-0.2, -0.15) is 4.98 Å². The highest BCUT2D eigenvalue weighted by Crippen LogP contribution is 2.19. The van der Waals surface area contributed by atoms with Crippen molar-refractivity contribution in [2.24, 2.45) is 0 Å². The van der Waals surface area contributed by atoms with E-state index in [0.29, 0.717) is 10.5 Å². The van der Waals surface area contributed by atoms with E-state index in [1.807, 2.05) is 12.1 Å². The Balaban J connectivity index is 2.31. The van der Waals surface area contributed by atoms with Gasteiger partial charge in [-0.3, -0.25) is 20.4 Å². The summed E-state index contributed by atoms with van der Waals surface area (Å²) in [5.74, 6) is -0.545. The summed E-state index contributed by atoms with van der Waals surface area (Å²) in [7, 11) is 0. The molecule has 1 amide bonds. The van der Waals surface area contributed by atoms with Crippen LogP contribution >= 0.6 is 22.9 Å². The van der Waals surface area contributed by atoms with Crippen LogP contribution in [0.25, 0.3) is 10.1 Å². The fraction of sp³-hybridized carbons (Fsp3) is 0.100. The number of hydrazine groups is 1. The number of rotatable bonds is 3. The van der Waals surface area contributed by atoms with Crippen LogP contribution in [0.4, 0.5) is 5.13 Å². The lowest BCUT2D eigenvalue weighted by atomic mass is 10.3. The molecule has 2 N–H and O–H groups in total. The quantitative estimate of drug-likeness (QED) is 0.652. The van der Waals surface area contributed by atoms with E-state index in [1.54, 1.807) is 12.1 Å². The zero-order valence-electron chi connectivity index (χ0n) is 8.57. The third-order valence-electron chi connectivity index (χ3n) is 1.96. The third-order valence-corrected chi connectivity index (χ3v) is 3.16. The summed E-state index contributed by atoms with van der Waals surface area (Å²) in [6.45, 7) is 0. The van der Waals surface area contributed by atoms with Crippen LogP contribution in [0, 0.1) is 0 Å². The minimum Gasteiger partial charge on any atom is -0.273 e. The van der Waals surface area contributed by atoms with Gasteiger partial charge in [0.1, 0.15) is 5.88 Å². The fourth-order valence-electron chi connectivity index (χ4n) is 1.22. The van der Waals surface area contributed by atoms with Crippen molar-refractivity contribution in [1.82, 2.24) is 10.4 Å². The number of anilines is 1. The summed E-state index contributed by atoms with van der Waals surface area (Å²) in [4.78, 5) is 26.4. The molecule has 0 unspecified atom stereocenters. The summed E-state index contributed by atoms with van der Waals surface area (Å²) >= 11 is 6.59. The number of aromatic nitrogens is 1. The summed E-state index contributed by atoms with van der Waals surface area (Å²) in [6, 6.07) is 7.14. The van der Waals surface area contributed by atoms with Gasteiger partial charge in [-0.25, -0.2) is 0 Å². The molecular formula is C10H8ClN3O2S. The van der Waals surface area contributed by atoms with Gasteiger partial charge in [0.25, 0.3) is 11.5 Å². The Morgan fingerprint density at radius 2 is 2.18 bits per heavy atom. The SMILES string of the molecule is O=C(CCl)NNc1nc(=O)c2ccccc2s1. The number of nitrogens with zero attached hydrogens (tertiary/aromatic N) is 1. The van der Waals surface area contributed by atoms with Crippen molar-refractivity contribution in [3.8, 4) is 0 Å². The molecule has 88 valence electrons. The number of hydrogen-bond donors (Lipinski definition) is 2. The smallest absolute Gasteiger partial charge is 0.273 e. The maximum atomic E-state index is 11.6. The molecule has 0 aliphatic heterocycles. The van der Waals surface area contributed by atoms with E-state index in [9.17, 15) is 9.59 Å². The van der Waals surface area contributed by atoms with Crippen molar-refractivity contribution in [2.75, 3.05) is 11.3 Å². The average Bonchev–Trinajstić information content (AvgIpc) is 2.36. The third kappa shape index (κ3) is 2.72. The molecule has 2 rings (SSSR count). The van der Waals surface area contributed by atoms with Crippen LogP contribution in [-0.4, -0.2) is 16.8 Å². The Hall–Kier alpha value is -1.66. The highest BCUT2D eigenvalue weighted by molar-refractivity contribution is 7.21. The fourth-order valence-corrected chi connectivity index (χ4v) is 2.14. The first kappa shape index (κ1) is 11.8. The predicted octanol–water partition coefficient (Wildman–Crippen LogP) is 1.34. The molecule has 0 saturated heterocycles. The lowest BCUT2D eigenvalue weighted by molar-refractivity contribution is -0.118. The number of amides is 1. The zero-order valence-corrected chi connectivity index (χ0v) is 10.1. The molecule has 0 aliphatic carbocycles. The Morgan fingerprint density at radius 3 is 2.94 bits per heavy atom. The van der Waals surface area contributed by atoms with Gasteiger partial charge < -0.3 is 0 Å². The van der Waals surface area contributed by atoms with Gasteiger partial charge in [0.15, 0.2) is 0 Å². The van der Waals surface area contributed by atoms with Gasteiger partial charge in [-0.05, 0) is 12.1 Å². The Morgan fingerprint density at radius 1 is 1.41 bits per heavy atom. The lowest BCUT2D eigenvalue weighted by Crippen LogP contribution is -2.31. The Kier molecular flexibility index (Phi) is 3.55. The molecule has 1 heterocycles. The number of fused-ring (bicyclic) bond motifs is 1. The second-order valence-electron chi connectivity index (χ2n) is 3.13. The molecule has 2 aromatic rings. The van der Waals surface area contributed by atoms with Gasteiger partial charge in [-0.1, -0.05) is 23.5 Å². The number of halogens is 1. The summed E-state index contributed by atoms with van der Waals surface area (Å²) in [6.07, 6.45) is 0. The standard InChI is InChI=1S/C10H8ClN3O2S/c11-5-8(15)13-14-10-12-9(16)6-3-1-2-4-7(6)17-10/h1-4H,5H2,(H,13,15)(H,12,14,16). The van der Waals surface area contributed by atoms with Crippen molar-refractivity contribution in [2.45, 2.75) is 0 Å². The maximum Gasteiger partial charge on any atom is 0.281 e. The maximum absolute atomic E-state index is 11.6. The van der Waals surface area contributed by atoms with Crippen LogP contribution in [0.3, 0.4) is 0 Å². The molecule has 0 bridgehead atoms. The molecule has 0 radical (unpaired) electrons. The Bertz CT molecular complexity index is 614. The van der Waals surface area contributed by atoms with Gasteiger partial charge in [0.05, 0.1) is 5.39 Å². The van der Waals surface area contributed by atoms with Crippen LogP contribution in [0.1, 0.15) is 0 Å². The number of nitrogens with one attached hydrogen (secondary N) is 2. The number of benzene rings is 1. The molecule has 1 aromatic carbocycles. The minimum atomic E-state index is -0.388. The van der Waals surface area contributed by atoms with Crippen LogP contribution in [0.15, 0.2) is 29.1 Å².